The van der Waals surface area contributed by atoms with E-state index in [9.17, 15) is 4.79 Å². The third kappa shape index (κ3) is 3.61. The Balaban J connectivity index is 1.54. The fourth-order valence-corrected chi connectivity index (χ4v) is 4.24. The highest BCUT2D eigenvalue weighted by Crippen LogP contribution is 2.50. The van der Waals surface area contributed by atoms with Crippen LogP contribution in [0.3, 0.4) is 0 Å². The van der Waals surface area contributed by atoms with Crippen LogP contribution < -0.4 is 14.2 Å². The first-order chi connectivity index (χ1) is 13.2. The van der Waals surface area contributed by atoms with Crippen molar-refractivity contribution in [3.05, 3.63) is 41.0 Å². The number of fused-ring (bicyclic) bond motifs is 2. The molecule has 0 radical (unpaired) electrons. The van der Waals surface area contributed by atoms with Crippen LogP contribution in [0.4, 0.5) is 0 Å². The van der Waals surface area contributed by atoms with E-state index in [0.717, 1.165) is 49.3 Å². The molecule has 0 spiro atoms. The van der Waals surface area contributed by atoms with E-state index in [1.165, 1.54) is 11.1 Å². The number of ketones is 1. The Morgan fingerprint density at radius 3 is 3.00 bits per heavy atom. The van der Waals surface area contributed by atoms with Gasteiger partial charge in [0.05, 0.1) is 7.11 Å². The van der Waals surface area contributed by atoms with Crippen molar-refractivity contribution < 1.29 is 19.0 Å². The highest BCUT2D eigenvalue weighted by Gasteiger charge is 2.34. The highest BCUT2D eigenvalue weighted by molar-refractivity contribution is 5.80. The molecule has 0 saturated carbocycles. The number of methoxy groups -OCH3 is 1. The van der Waals surface area contributed by atoms with Gasteiger partial charge in [0.25, 0.3) is 0 Å². The van der Waals surface area contributed by atoms with Gasteiger partial charge in [-0.25, -0.2) is 0 Å². The molecule has 1 aliphatic carbocycles. The van der Waals surface area contributed by atoms with E-state index in [4.69, 9.17) is 14.2 Å². The van der Waals surface area contributed by atoms with Gasteiger partial charge in [0.2, 0.25) is 12.5 Å². The Labute approximate surface area is 160 Å². The van der Waals surface area contributed by atoms with E-state index in [1.54, 1.807) is 7.11 Å². The van der Waals surface area contributed by atoms with Crippen LogP contribution in [0.15, 0.2) is 29.9 Å². The van der Waals surface area contributed by atoms with Crippen molar-refractivity contribution in [3.8, 4) is 17.2 Å². The number of carbonyl (C=O) groups excluding carboxylic acids is 1. The Morgan fingerprint density at radius 1 is 1.33 bits per heavy atom. The minimum absolute atomic E-state index is 0.0153. The minimum Gasteiger partial charge on any atom is -0.492 e. The van der Waals surface area contributed by atoms with E-state index in [-0.39, 0.29) is 12.8 Å². The molecule has 144 valence electrons. The zero-order valence-electron chi connectivity index (χ0n) is 16.1. The number of ether oxygens (including phenoxy) is 3. The molecule has 3 aliphatic rings. The minimum atomic E-state index is 0.0153. The van der Waals surface area contributed by atoms with Crippen molar-refractivity contribution in [3.63, 3.8) is 0 Å². The van der Waals surface area contributed by atoms with Gasteiger partial charge in [-0.05, 0) is 44.4 Å². The summed E-state index contributed by atoms with van der Waals surface area (Å²) in [7, 11) is 3.74. The number of Topliss-reactive ketones (excluding diaryl/α,β-unsaturated/α-hetero) is 1. The van der Waals surface area contributed by atoms with E-state index >= 15 is 0 Å². The van der Waals surface area contributed by atoms with Crippen LogP contribution >= 0.6 is 0 Å². The van der Waals surface area contributed by atoms with Gasteiger partial charge >= 0.3 is 0 Å². The lowest BCUT2D eigenvalue weighted by Gasteiger charge is -2.35. The van der Waals surface area contributed by atoms with E-state index < -0.39 is 0 Å². The number of allylic oxidation sites excluding steroid dienone is 4. The zero-order chi connectivity index (χ0) is 18.8. The second-order valence-electron chi connectivity index (χ2n) is 7.46. The topological polar surface area (TPSA) is 48.0 Å². The van der Waals surface area contributed by atoms with E-state index in [1.807, 2.05) is 0 Å². The van der Waals surface area contributed by atoms with Crippen LogP contribution in [0.25, 0.3) is 0 Å². The van der Waals surface area contributed by atoms with Crippen LogP contribution in [0.1, 0.15) is 49.3 Å². The normalized spacial score (nSPS) is 21.0. The van der Waals surface area contributed by atoms with Crippen LogP contribution in [-0.2, 0) is 11.2 Å². The van der Waals surface area contributed by atoms with Gasteiger partial charge in [-0.1, -0.05) is 23.8 Å². The standard InChI is InChI=1S/C22H27NO4/c1-23-11-10-16-12-19-21(27-14-26-19)22(25-2)20(16)18(23)13-17(24)9-8-15-6-4-3-5-7-15/h4,6-7,12,18H,3,5,8-11,13-14H2,1-2H3. The maximum absolute atomic E-state index is 12.8. The Bertz CT molecular complexity index is 796. The van der Waals surface area contributed by atoms with Crippen LogP contribution in [0, 0.1) is 0 Å². The summed E-state index contributed by atoms with van der Waals surface area (Å²) in [6, 6.07) is 2.07. The fraction of sp³-hybridized carbons (Fsp3) is 0.500. The van der Waals surface area contributed by atoms with E-state index in [2.05, 4.69) is 36.2 Å². The molecule has 2 aliphatic heterocycles. The van der Waals surface area contributed by atoms with Crippen LogP contribution in [-0.4, -0.2) is 38.2 Å². The van der Waals surface area contributed by atoms with Gasteiger partial charge < -0.3 is 14.2 Å². The molecule has 1 aromatic rings. The predicted octanol–water partition coefficient (Wildman–Crippen LogP) is 3.97. The number of hydrogen-bond acceptors (Lipinski definition) is 5. The van der Waals surface area contributed by atoms with Gasteiger partial charge in [-0.3, -0.25) is 9.69 Å². The van der Waals surface area contributed by atoms with Gasteiger partial charge in [-0.15, -0.1) is 0 Å². The number of benzene rings is 1. The first-order valence-corrected chi connectivity index (χ1v) is 9.74. The second kappa shape index (κ2) is 7.77. The van der Waals surface area contributed by atoms with E-state index in [0.29, 0.717) is 24.4 Å². The Hall–Kier alpha value is -2.27. The Kier molecular flexibility index (Phi) is 5.21. The molecule has 5 nitrogen and oxygen atoms in total. The molecule has 0 amide bonds. The summed E-state index contributed by atoms with van der Waals surface area (Å²) in [6.45, 7) is 1.14. The maximum Gasteiger partial charge on any atom is 0.231 e. The maximum atomic E-state index is 12.8. The molecular weight excluding hydrogens is 342 g/mol. The zero-order valence-corrected chi connectivity index (χ0v) is 16.1. The van der Waals surface area contributed by atoms with Gasteiger partial charge in [-0.2, -0.15) is 0 Å². The van der Waals surface area contributed by atoms with Crippen LogP contribution in [0.5, 0.6) is 17.2 Å². The van der Waals surface area contributed by atoms with Crippen molar-refractivity contribution in [1.82, 2.24) is 4.90 Å². The summed E-state index contributed by atoms with van der Waals surface area (Å²) >= 11 is 0. The highest BCUT2D eigenvalue weighted by atomic mass is 16.7. The molecule has 0 saturated heterocycles. The summed E-state index contributed by atoms with van der Waals surface area (Å²) in [5.41, 5.74) is 3.57. The number of nitrogens with zero attached hydrogens (tertiary/aromatic N) is 1. The van der Waals surface area contributed by atoms with Crippen molar-refractivity contribution in [2.24, 2.45) is 0 Å². The smallest absolute Gasteiger partial charge is 0.231 e. The molecule has 5 heteroatoms. The van der Waals surface area contributed by atoms with Gasteiger partial charge in [0.1, 0.15) is 5.78 Å². The largest absolute Gasteiger partial charge is 0.492 e. The lowest BCUT2D eigenvalue weighted by atomic mass is 9.87. The monoisotopic (exact) mass is 369 g/mol. The molecule has 0 fully saturated rings. The summed E-state index contributed by atoms with van der Waals surface area (Å²) < 4.78 is 16.9. The number of hydrogen-bond donors (Lipinski definition) is 0. The van der Waals surface area contributed by atoms with Crippen molar-refractivity contribution in [2.45, 2.75) is 44.6 Å². The molecule has 0 bridgehead atoms. The summed E-state index contributed by atoms with van der Waals surface area (Å²) in [4.78, 5) is 15.0. The van der Waals surface area contributed by atoms with Gasteiger partial charge in [0.15, 0.2) is 11.5 Å². The average molecular weight is 369 g/mol. The Morgan fingerprint density at radius 2 is 2.22 bits per heavy atom. The van der Waals surface area contributed by atoms with Crippen molar-refractivity contribution in [2.75, 3.05) is 27.5 Å². The fourth-order valence-electron chi connectivity index (χ4n) is 4.24. The summed E-state index contributed by atoms with van der Waals surface area (Å²) in [5.74, 6) is 2.43. The molecule has 4 rings (SSSR count). The molecular formula is C22H27NO4. The molecule has 2 heterocycles. The first kappa shape index (κ1) is 18.1. The number of carbonyl (C=O) groups is 1. The van der Waals surface area contributed by atoms with Crippen molar-refractivity contribution in [1.29, 1.82) is 0 Å². The average Bonchev–Trinajstić information content (AvgIpc) is 3.16. The molecule has 0 N–H and O–H groups in total. The van der Waals surface area contributed by atoms with Gasteiger partial charge in [0, 0.05) is 31.0 Å². The number of rotatable bonds is 6. The SMILES string of the molecule is COc1c2c(cc3c1C(CC(=O)CCC1=CCCC=C1)N(C)CC3)OCO2. The summed E-state index contributed by atoms with van der Waals surface area (Å²) in [5, 5.41) is 0. The lowest BCUT2D eigenvalue weighted by Crippen LogP contribution is -2.34. The lowest BCUT2D eigenvalue weighted by molar-refractivity contribution is -0.120. The third-order valence-electron chi connectivity index (χ3n) is 5.73. The quantitative estimate of drug-likeness (QED) is 0.759. The number of likely N-dealkylation sites (N-methyl/N-ethyl adjacent to an activating group) is 1. The molecule has 1 atom stereocenters. The summed E-state index contributed by atoms with van der Waals surface area (Å²) in [6.07, 6.45) is 11.6. The van der Waals surface area contributed by atoms with Crippen molar-refractivity contribution >= 4 is 5.78 Å². The molecule has 0 aromatic heterocycles. The second-order valence-corrected chi connectivity index (χ2v) is 7.46. The third-order valence-corrected chi connectivity index (χ3v) is 5.73. The van der Waals surface area contributed by atoms with Crippen LogP contribution in [0.2, 0.25) is 0 Å². The molecule has 27 heavy (non-hydrogen) atoms. The molecule has 1 aromatic carbocycles. The molecule has 1 unspecified atom stereocenters. The predicted molar refractivity (Wildman–Crippen MR) is 104 cm³/mol. The first-order valence-electron chi connectivity index (χ1n) is 9.74.